The van der Waals surface area contributed by atoms with E-state index in [1.807, 2.05) is 60.7 Å². The van der Waals surface area contributed by atoms with Gasteiger partial charge in [0.2, 0.25) is 0 Å². The molecule has 3 aromatic rings. The van der Waals surface area contributed by atoms with Gasteiger partial charge < -0.3 is 14.5 Å². The number of aromatic nitrogens is 2. The molecule has 3 rings (SSSR count). The quantitative estimate of drug-likeness (QED) is 0.384. The number of thioether (sulfide) groups is 1. The molecule has 0 aliphatic rings. The first kappa shape index (κ1) is 18.5. The third-order valence-corrected chi connectivity index (χ3v) is 4.54. The highest BCUT2D eigenvalue weighted by molar-refractivity contribution is 7.99. The Bertz CT molecular complexity index is 996. The fourth-order valence-electron chi connectivity index (χ4n) is 2.40. The van der Waals surface area contributed by atoms with Gasteiger partial charge in [0.05, 0.1) is 19.4 Å². The fraction of sp³-hybridized carbons (Fsp3) is 0.150. The average Bonchev–Trinajstić information content (AvgIpc) is 2.72. The summed E-state index contributed by atoms with van der Waals surface area (Å²) in [6.45, 7) is 0.446. The minimum Gasteiger partial charge on any atom is -0.497 e. The summed E-state index contributed by atoms with van der Waals surface area (Å²) < 4.78 is 10.8. The topological polar surface area (TPSA) is 88.0 Å². The maximum absolute atomic E-state index is 12.2. The first-order valence-corrected chi connectivity index (χ1v) is 9.19. The number of nitriles is 1. The molecule has 0 radical (unpaired) electrons. The molecule has 0 bridgehead atoms. The van der Waals surface area contributed by atoms with Gasteiger partial charge in [-0.2, -0.15) is 5.26 Å². The van der Waals surface area contributed by atoms with Crippen LogP contribution in [0.4, 0.5) is 0 Å². The molecule has 0 saturated heterocycles. The summed E-state index contributed by atoms with van der Waals surface area (Å²) in [6.07, 6.45) is 0. The van der Waals surface area contributed by atoms with Crippen LogP contribution in [0.25, 0.3) is 11.3 Å². The third kappa shape index (κ3) is 4.68. The molecule has 0 unspecified atom stereocenters. The van der Waals surface area contributed by atoms with Gasteiger partial charge >= 0.3 is 0 Å². The van der Waals surface area contributed by atoms with Gasteiger partial charge in [-0.15, -0.1) is 0 Å². The summed E-state index contributed by atoms with van der Waals surface area (Å²) >= 11 is 1.36. The summed E-state index contributed by atoms with van der Waals surface area (Å²) in [7, 11) is 1.61. The van der Waals surface area contributed by atoms with Gasteiger partial charge in [-0.25, -0.2) is 4.98 Å². The number of ether oxygens (including phenoxy) is 2. The SMILES string of the molecule is COc1ccc(OCCSc2nc(-c3ccccc3)c(C#N)c(=O)[nH]2)cc1. The summed E-state index contributed by atoms with van der Waals surface area (Å²) in [5.74, 6) is 2.10. The van der Waals surface area contributed by atoms with Gasteiger partial charge in [0.1, 0.15) is 23.1 Å². The highest BCUT2D eigenvalue weighted by atomic mass is 32.2. The van der Waals surface area contributed by atoms with Crippen LogP contribution in [0.2, 0.25) is 0 Å². The lowest BCUT2D eigenvalue weighted by Gasteiger charge is -2.08. The highest BCUT2D eigenvalue weighted by Gasteiger charge is 2.13. The van der Waals surface area contributed by atoms with Crippen molar-refractivity contribution in [2.24, 2.45) is 0 Å². The lowest BCUT2D eigenvalue weighted by atomic mass is 10.1. The van der Waals surface area contributed by atoms with E-state index in [4.69, 9.17) is 9.47 Å². The summed E-state index contributed by atoms with van der Waals surface area (Å²) in [4.78, 5) is 19.3. The Kier molecular flexibility index (Phi) is 6.13. The van der Waals surface area contributed by atoms with E-state index in [1.54, 1.807) is 7.11 Å². The molecule has 1 N–H and O–H groups in total. The third-order valence-electron chi connectivity index (χ3n) is 3.71. The highest BCUT2D eigenvalue weighted by Crippen LogP contribution is 2.22. The Morgan fingerprint density at radius 2 is 1.81 bits per heavy atom. The molecule has 0 amide bonds. The van der Waals surface area contributed by atoms with Crippen molar-refractivity contribution < 1.29 is 9.47 Å². The fourth-order valence-corrected chi connectivity index (χ4v) is 3.08. The molecule has 0 fully saturated rings. The molecular weight excluding hydrogens is 362 g/mol. The van der Waals surface area contributed by atoms with E-state index >= 15 is 0 Å². The predicted octanol–water partition coefficient (Wildman–Crippen LogP) is 3.49. The van der Waals surface area contributed by atoms with E-state index in [0.717, 1.165) is 17.1 Å². The molecule has 2 aromatic carbocycles. The standard InChI is InChI=1S/C20H17N3O3S/c1-25-15-7-9-16(10-8-15)26-11-12-27-20-22-18(14-5-3-2-4-6-14)17(13-21)19(24)23-20/h2-10H,11-12H2,1H3,(H,22,23,24). The van der Waals surface area contributed by atoms with Crippen LogP contribution in [0, 0.1) is 11.3 Å². The molecule has 7 heteroatoms. The van der Waals surface area contributed by atoms with Crippen molar-refractivity contribution in [3.05, 3.63) is 70.5 Å². The summed E-state index contributed by atoms with van der Waals surface area (Å²) in [6, 6.07) is 18.5. The van der Waals surface area contributed by atoms with Crippen LogP contribution in [0.15, 0.2) is 64.5 Å². The minimum atomic E-state index is -0.440. The monoisotopic (exact) mass is 379 g/mol. The Morgan fingerprint density at radius 3 is 2.48 bits per heavy atom. The van der Waals surface area contributed by atoms with E-state index in [0.29, 0.717) is 23.2 Å². The van der Waals surface area contributed by atoms with E-state index in [2.05, 4.69) is 9.97 Å². The molecule has 1 heterocycles. The lowest BCUT2D eigenvalue weighted by Crippen LogP contribution is -2.15. The Hall–Kier alpha value is -3.24. The van der Waals surface area contributed by atoms with E-state index < -0.39 is 5.56 Å². The number of nitrogens with zero attached hydrogens (tertiary/aromatic N) is 2. The second-order valence-corrected chi connectivity index (χ2v) is 6.53. The number of nitrogens with one attached hydrogen (secondary N) is 1. The largest absolute Gasteiger partial charge is 0.497 e. The van der Waals surface area contributed by atoms with E-state index in [1.165, 1.54) is 11.8 Å². The van der Waals surface area contributed by atoms with Crippen LogP contribution in [-0.2, 0) is 0 Å². The van der Waals surface area contributed by atoms with Gasteiger partial charge in [-0.3, -0.25) is 4.79 Å². The van der Waals surface area contributed by atoms with Crippen LogP contribution in [-0.4, -0.2) is 29.4 Å². The van der Waals surface area contributed by atoms with Crippen LogP contribution < -0.4 is 15.0 Å². The second-order valence-electron chi connectivity index (χ2n) is 5.44. The molecular formula is C20H17N3O3S. The van der Waals surface area contributed by atoms with E-state index in [9.17, 15) is 10.1 Å². The molecule has 136 valence electrons. The predicted molar refractivity (Wildman–Crippen MR) is 104 cm³/mol. The number of hydrogen-bond acceptors (Lipinski definition) is 6. The van der Waals surface area contributed by atoms with Crippen molar-refractivity contribution in [1.82, 2.24) is 9.97 Å². The van der Waals surface area contributed by atoms with Crippen molar-refractivity contribution in [3.8, 4) is 28.8 Å². The Labute approximate surface area is 160 Å². The number of aromatic amines is 1. The van der Waals surface area contributed by atoms with Crippen LogP contribution in [0.1, 0.15) is 5.56 Å². The number of H-pyrrole nitrogens is 1. The molecule has 6 nitrogen and oxygen atoms in total. The Balaban J connectivity index is 1.67. The first-order valence-electron chi connectivity index (χ1n) is 8.20. The first-order chi connectivity index (χ1) is 13.2. The summed E-state index contributed by atoms with van der Waals surface area (Å²) in [5, 5.41) is 9.74. The van der Waals surface area contributed by atoms with Crippen LogP contribution >= 0.6 is 11.8 Å². The van der Waals surface area contributed by atoms with Gasteiger partial charge in [0.25, 0.3) is 5.56 Å². The van der Waals surface area contributed by atoms with Crippen LogP contribution in [0.5, 0.6) is 11.5 Å². The average molecular weight is 379 g/mol. The number of benzene rings is 2. The Morgan fingerprint density at radius 1 is 1.11 bits per heavy atom. The van der Waals surface area contributed by atoms with E-state index in [-0.39, 0.29) is 5.56 Å². The zero-order chi connectivity index (χ0) is 19.1. The smallest absolute Gasteiger partial charge is 0.270 e. The number of methoxy groups -OCH3 is 1. The normalized spacial score (nSPS) is 10.2. The minimum absolute atomic E-state index is 0.0139. The number of rotatable bonds is 7. The maximum Gasteiger partial charge on any atom is 0.270 e. The van der Waals surface area contributed by atoms with Crippen molar-refractivity contribution in [3.63, 3.8) is 0 Å². The van der Waals surface area contributed by atoms with Gasteiger partial charge in [-0.05, 0) is 24.3 Å². The van der Waals surface area contributed by atoms with Gasteiger partial charge in [0.15, 0.2) is 5.16 Å². The van der Waals surface area contributed by atoms with Gasteiger partial charge in [-0.1, -0.05) is 42.1 Å². The van der Waals surface area contributed by atoms with Crippen molar-refractivity contribution in [1.29, 1.82) is 5.26 Å². The molecule has 1 aromatic heterocycles. The number of hydrogen-bond donors (Lipinski definition) is 1. The maximum atomic E-state index is 12.2. The molecule has 0 spiro atoms. The van der Waals surface area contributed by atoms with Gasteiger partial charge in [0, 0.05) is 11.3 Å². The van der Waals surface area contributed by atoms with Crippen molar-refractivity contribution in [2.45, 2.75) is 5.16 Å². The second kappa shape index (κ2) is 8.92. The lowest BCUT2D eigenvalue weighted by molar-refractivity contribution is 0.342. The molecule has 27 heavy (non-hydrogen) atoms. The molecule has 0 atom stereocenters. The summed E-state index contributed by atoms with van der Waals surface area (Å²) in [5.41, 5.74) is 0.696. The van der Waals surface area contributed by atoms with Crippen molar-refractivity contribution >= 4 is 11.8 Å². The van der Waals surface area contributed by atoms with Crippen LogP contribution in [0.3, 0.4) is 0 Å². The van der Waals surface area contributed by atoms with Crippen molar-refractivity contribution in [2.75, 3.05) is 19.5 Å². The molecule has 0 saturated carbocycles. The zero-order valence-electron chi connectivity index (χ0n) is 14.6. The molecule has 0 aliphatic heterocycles. The molecule has 0 aliphatic carbocycles. The zero-order valence-corrected chi connectivity index (χ0v) is 15.5.